The van der Waals surface area contributed by atoms with Crippen LogP contribution in [-0.4, -0.2) is 18.1 Å². The lowest BCUT2D eigenvalue weighted by molar-refractivity contribution is -0.138. The minimum atomic E-state index is -0.203. The maximum Gasteiger partial charge on any atom is 0.221 e. The number of fused-ring (bicyclic) bond motifs is 2. The summed E-state index contributed by atoms with van der Waals surface area (Å²) in [7, 11) is 0. The third-order valence-corrected chi connectivity index (χ3v) is 4.10. The molecule has 0 aromatic heterocycles. The summed E-state index contributed by atoms with van der Waals surface area (Å²) in [5.41, 5.74) is -0.0373. The first-order chi connectivity index (χ1) is 5.96. The molecule has 1 amide bonds. The Morgan fingerprint density at radius 3 is 2.69 bits per heavy atom. The number of carbonyl (C=O) groups excluding carboxylic acids is 1. The van der Waals surface area contributed by atoms with Gasteiger partial charge in [-0.1, -0.05) is 13.8 Å². The first-order valence-electron chi connectivity index (χ1n) is 5.02. The van der Waals surface area contributed by atoms with Crippen molar-refractivity contribution >= 4 is 5.91 Å². The number of hydrogen-bond acceptors (Lipinski definition) is 2. The van der Waals surface area contributed by atoms with Crippen LogP contribution in [0.1, 0.15) is 33.6 Å². The van der Waals surface area contributed by atoms with Crippen molar-refractivity contribution in [1.82, 2.24) is 10.6 Å². The van der Waals surface area contributed by atoms with Crippen LogP contribution in [0.25, 0.3) is 0 Å². The molecule has 0 aliphatic carbocycles. The van der Waals surface area contributed by atoms with Gasteiger partial charge in [-0.25, -0.2) is 0 Å². The summed E-state index contributed by atoms with van der Waals surface area (Å²) in [4.78, 5) is 11.4. The molecule has 2 saturated heterocycles. The van der Waals surface area contributed by atoms with Crippen LogP contribution in [0.4, 0.5) is 0 Å². The lowest BCUT2D eigenvalue weighted by atomic mass is 9.62. The third-order valence-electron chi connectivity index (χ3n) is 4.10. The van der Waals surface area contributed by atoms with Crippen LogP contribution in [0.5, 0.6) is 0 Å². The molecule has 0 aromatic carbocycles. The molecule has 0 aromatic rings. The molecule has 0 radical (unpaired) electrons. The van der Waals surface area contributed by atoms with E-state index in [2.05, 4.69) is 31.4 Å². The molecule has 13 heavy (non-hydrogen) atoms. The summed E-state index contributed by atoms with van der Waals surface area (Å²) >= 11 is 0. The quantitative estimate of drug-likeness (QED) is 0.583. The Morgan fingerprint density at radius 1 is 1.38 bits per heavy atom. The average molecular weight is 182 g/mol. The third kappa shape index (κ3) is 1.10. The standard InChI is InChI=1S/C10H18N2O/c1-9(2)7-4-5-11-10(9,3)12-8(13)6-7/h7,11H,4-6H2,1-3H3,(H,12,13). The first kappa shape index (κ1) is 9.00. The highest BCUT2D eigenvalue weighted by atomic mass is 16.2. The molecule has 74 valence electrons. The Bertz CT molecular complexity index is 249. The van der Waals surface area contributed by atoms with Gasteiger partial charge in [-0.05, 0) is 25.8 Å². The van der Waals surface area contributed by atoms with Gasteiger partial charge in [0.25, 0.3) is 0 Å². The molecule has 2 fully saturated rings. The fourth-order valence-electron chi connectivity index (χ4n) is 2.61. The molecule has 3 nitrogen and oxygen atoms in total. The van der Waals surface area contributed by atoms with Crippen LogP contribution in [-0.2, 0) is 4.79 Å². The summed E-state index contributed by atoms with van der Waals surface area (Å²) < 4.78 is 0. The lowest BCUT2D eigenvalue weighted by Crippen LogP contribution is -2.73. The molecule has 0 saturated carbocycles. The Labute approximate surface area is 79.3 Å². The van der Waals surface area contributed by atoms with E-state index in [4.69, 9.17) is 0 Å². The fraction of sp³-hybridized carbons (Fsp3) is 0.900. The molecule has 2 bridgehead atoms. The Hall–Kier alpha value is -0.570. The zero-order valence-corrected chi connectivity index (χ0v) is 8.61. The minimum absolute atomic E-state index is 0.166. The Morgan fingerprint density at radius 2 is 2.08 bits per heavy atom. The molecule has 2 atom stereocenters. The predicted molar refractivity (Wildman–Crippen MR) is 51.1 cm³/mol. The van der Waals surface area contributed by atoms with Gasteiger partial charge < -0.3 is 5.32 Å². The van der Waals surface area contributed by atoms with Gasteiger partial charge in [0, 0.05) is 11.8 Å². The minimum Gasteiger partial charge on any atom is -0.338 e. The van der Waals surface area contributed by atoms with Crippen molar-refractivity contribution < 1.29 is 4.79 Å². The van der Waals surface area contributed by atoms with Gasteiger partial charge >= 0.3 is 0 Å². The van der Waals surface area contributed by atoms with Gasteiger partial charge in [0.15, 0.2) is 0 Å². The first-order valence-corrected chi connectivity index (χ1v) is 5.02. The van der Waals surface area contributed by atoms with Crippen LogP contribution in [0.15, 0.2) is 0 Å². The van der Waals surface area contributed by atoms with E-state index in [1.165, 1.54) is 0 Å². The number of rotatable bonds is 0. The molecule has 2 aliphatic heterocycles. The molecule has 3 heteroatoms. The van der Waals surface area contributed by atoms with Crippen molar-refractivity contribution in [3.8, 4) is 0 Å². The topological polar surface area (TPSA) is 41.1 Å². The highest BCUT2D eigenvalue weighted by Crippen LogP contribution is 2.45. The van der Waals surface area contributed by atoms with E-state index in [-0.39, 0.29) is 17.0 Å². The Balaban J connectivity index is 2.35. The highest BCUT2D eigenvalue weighted by molar-refractivity contribution is 5.78. The van der Waals surface area contributed by atoms with E-state index in [1.807, 2.05) is 0 Å². The van der Waals surface area contributed by atoms with E-state index >= 15 is 0 Å². The second-order valence-corrected chi connectivity index (χ2v) is 5.01. The summed E-state index contributed by atoms with van der Waals surface area (Å²) in [5.74, 6) is 0.728. The van der Waals surface area contributed by atoms with Crippen LogP contribution in [0.2, 0.25) is 0 Å². The number of carbonyl (C=O) groups is 1. The molecule has 0 spiro atoms. The van der Waals surface area contributed by atoms with Gasteiger partial charge in [0.2, 0.25) is 5.91 Å². The van der Waals surface area contributed by atoms with Gasteiger partial charge in [-0.3, -0.25) is 10.1 Å². The van der Waals surface area contributed by atoms with Crippen molar-refractivity contribution in [3.63, 3.8) is 0 Å². The van der Waals surface area contributed by atoms with Gasteiger partial charge in [0.1, 0.15) is 0 Å². The second-order valence-electron chi connectivity index (χ2n) is 5.01. The molecular weight excluding hydrogens is 164 g/mol. The van der Waals surface area contributed by atoms with E-state index in [9.17, 15) is 4.79 Å². The van der Waals surface area contributed by atoms with Gasteiger partial charge in [-0.15, -0.1) is 0 Å². The monoisotopic (exact) mass is 182 g/mol. The lowest BCUT2D eigenvalue weighted by Gasteiger charge is -2.56. The highest BCUT2D eigenvalue weighted by Gasteiger charge is 2.53. The van der Waals surface area contributed by atoms with Gasteiger partial charge in [0.05, 0.1) is 5.66 Å². The molecule has 2 rings (SSSR count). The van der Waals surface area contributed by atoms with E-state index < -0.39 is 0 Å². The normalized spacial score (nSPS) is 42.7. The molecular formula is C10H18N2O. The number of amides is 1. The average Bonchev–Trinajstić information content (AvgIpc) is 1.95. The SMILES string of the molecule is CC12NCCC(CC(=O)N1)C2(C)C. The molecule has 2 aliphatic rings. The van der Waals surface area contributed by atoms with Crippen LogP contribution >= 0.6 is 0 Å². The fourth-order valence-corrected chi connectivity index (χ4v) is 2.61. The summed E-state index contributed by atoms with van der Waals surface area (Å²) in [5, 5.41) is 6.48. The zero-order valence-electron chi connectivity index (χ0n) is 8.61. The van der Waals surface area contributed by atoms with Gasteiger partial charge in [-0.2, -0.15) is 0 Å². The predicted octanol–water partition coefficient (Wildman–Crippen LogP) is 0.858. The van der Waals surface area contributed by atoms with Crippen molar-refractivity contribution in [2.45, 2.75) is 39.3 Å². The van der Waals surface area contributed by atoms with Crippen LogP contribution in [0, 0.1) is 11.3 Å². The van der Waals surface area contributed by atoms with Crippen LogP contribution < -0.4 is 10.6 Å². The zero-order chi connectivity index (χ0) is 9.69. The summed E-state index contributed by atoms with van der Waals surface area (Å²) in [6, 6.07) is 0. The Kier molecular flexibility index (Phi) is 1.71. The number of piperidine rings is 2. The molecule has 2 N–H and O–H groups in total. The maximum absolute atomic E-state index is 11.4. The second kappa shape index (κ2) is 2.47. The van der Waals surface area contributed by atoms with Crippen LogP contribution in [0.3, 0.4) is 0 Å². The van der Waals surface area contributed by atoms with Crippen molar-refractivity contribution in [2.24, 2.45) is 11.3 Å². The van der Waals surface area contributed by atoms with Crippen molar-refractivity contribution in [3.05, 3.63) is 0 Å². The number of hydrogen-bond donors (Lipinski definition) is 2. The van der Waals surface area contributed by atoms with Crippen molar-refractivity contribution in [1.29, 1.82) is 0 Å². The molecule has 2 unspecified atom stereocenters. The smallest absolute Gasteiger partial charge is 0.221 e. The van der Waals surface area contributed by atoms with E-state index in [1.54, 1.807) is 0 Å². The maximum atomic E-state index is 11.4. The van der Waals surface area contributed by atoms with E-state index in [0.29, 0.717) is 12.3 Å². The largest absolute Gasteiger partial charge is 0.338 e. The number of nitrogens with one attached hydrogen (secondary N) is 2. The molecule has 2 heterocycles. The summed E-state index contributed by atoms with van der Waals surface area (Å²) in [6.45, 7) is 7.59. The summed E-state index contributed by atoms with van der Waals surface area (Å²) in [6.07, 6.45) is 1.82. The van der Waals surface area contributed by atoms with E-state index in [0.717, 1.165) is 13.0 Å². The van der Waals surface area contributed by atoms with Crippen molar-refractivity contribution in [2.75, 3.05) is 6.54 Å².